The maximum atomic E-state index is 12.1. The van der Waals surface area contributed by atoms with Crippen molar-refractivity contribution in [1.29, 1.82) is 0 Å². The average Bonchev–Trinajstić information content (AvgIpc) is 2.49. The van der Waals surface area contributed by atoms with Gasteiger partial charge in [0.1, 0.15) is 0 Å². The van der Waals surface area contributed by atoms with Gasteiger partial charge in [-0.15, -0.1) is 0 Å². The van der Waals surface area contributed by atoms with Crippen LogP contribution in [0.4, 0.5) is 0 Å². The van der Waals surface area contributed by atoms with Crippen LogP contribution in [0.2, 0.25) is 0 Å². The third kappa shape index (κ3) is 2.68. The van der Waals surface area contributed by atoms with Gasteiger partial charge in [0.2, 0.25) is 5.91 Å². The summed E-state index contributed by atoms with van der Waals surface area (Å²) in [6.45, 7) is 4.35. The summed E-state index contributed by atoms with van der Waals surface area (Å²) in [7, 11) is 0. The van der Waals surface area contributed by atoms with Crippen LogP contribution >= 0.6 is 0 Å². The van der Waals surface area contributed by atoms with Gasteiger partial charge in [-0.05, 0) is 31.8 Å². The van der Waals surface area contributed by atoms with Gasteiger partial charge < -0.3 is 14.5 Å². The molecule has 0 N–H and O–H groups in total. The number of piperidine rings is 1. The second-order valence-corrected chi connectivity index (χ2v) is 5.37. The number of rotatable bonds is 2. The summed E-state index contributed by atoms with van der Waals surface area (Å²) in [6, 6.07) is 0. The predicted octanol–water partition coefficient (Wildman–Crippen LogP) is 1.89. The molecule has 0 radical (unpaired) electrons. The van der Waals surface area contributed by atoms with E-state index >= 15 is 0 Å². The highest BCUT2D eigenvalue weighted by Crippen LogP contribution is 2.28. The van der Waals surface area contributed by atoms with Crippen molar-refractivity contribution < 1.29 is 9.53 Å². The second-order valence-electron chi connectivity index (χ2n) is 5.37. The molecule has 0 spiro atoms. The molecule has 0 aromatic rings. The summed E-state index contributed by atoms with van der Waals surface area (Å²) < 4.78 is 5.42. The van der Waals surface area contributed by atoms with E-state index in [0.717, 1.165) is 58.5 Å². The standard InChI is InChI=1S/C15H22N2O2/c18-15-7-3-4-8-17(15)14-6-2-1-5-13(14)16-9-11-19-12-10-16/h1,5H,2-4,6-12H2. The first-order valence-corrected chi connectivity index (χ1v) is 7.39. The summed E-state index contributed by atoms with van der Waals surface area (Å²) in [5, 5.41) is 0. The van der Waals surface area contributed by atoms with Gasteiger partial charge in [-0.3, -0.25) is 4.79 Å². The van der Waals surface area contributed by atoms with Gasteiger partial charge in [-0.1, -0.05) is 6.08 Å². The van der Waals surface area contributed by atoms with Crippen LogP contribution in [0.3, 0.4) is 0 Å². The molecule has 3 rings (SSSR count). The van der Waals surface area contributed by atoms with E-state index in [4.69, 9.17) is 4.74 Å². The highest BCUT2D eigenvalue weighted by Gasteiger charge is 2.26. The number of carbonyl (C=O) groups is 1. The maximum Gasteiger partial charge on any atom is 0.226 e. The van der Waals surface area contributed by atoms with Crippen molar-refractivity contribution in [2.24, 2.45) is 0 Å². The fraction of sp³-hybridized carbons (Fsp3) is 0.667. The van der Waals surface area contributed by atoms with Crippen molar-refractivity contribution in [3.05, 3.63) is 23.5 Å². The van der Waals surface area contributed by atoms with Gasteiger partial charge in [0.15, 0.2) is 0 Å². The Labute approximate surface area is 114 Å². The maximum absolute atomic E-state index is 12.1. The lowest BCUT2D eigenvalue weighted by atomic mass is 10.0. The minimum atomic E-state index is 0.308. The highest BCUT2D eigenvalue weighted by molar-refractivity contribution is 5.79. The van der Waals surface area contributed by atoms with Crippen LogP contribution in [0.5, 0.6) is 0 Å². The molecular weight excluding hydrogens is 240 g/mol. The van der Waals surface area contributed by atoms with Crippen molar-refractivity contribution in [3.63, 3.8) is 0 Å². The normalized spacial score (nSPS) is 25.2. The molecule has 0 atom stereocenters. The number of morpholine rings is 1. The molecule has 2 heterocycles. The van der Waals surface area contributed by atoms with E-state index < -0.39 is 0 Å². The molecule has 4 heteroatoms. The SMILES string of the molecule is O=C1CCCCN1C1=C(N2CCOCC2)C=CCC1. The number of ether oxygens (including phenoxy) is 1. The second kappa shape index (κ2) is 5.78. The zero-order valence-electron chi connectivity index (χ0n) is 11.4. The first-order valence-electron chi connectivity index (χ1n) is 7.39. The lowest BCUT2D eigenvalue weighted by molar-refractivity contribution is -0.131. The van der Waals surface area contributed by atoms with Crippen molar-refractivity contribution >= 4 is 5.91 Å². The highest BCUT2D eigenvalue weighted by atomic mass is 16.5. The van der Waals surface area contributed by atoms with Crippen LogP contribution in [0.1, 0.15) is 32.1 Å². The molecule has 4 nitrogen and oxygen atoms in total. The quantitative estimate of drug-likeness (QED) is 0.762. The number of hydrogen-bond donors (Lipinski definition) is 0. The zero-order chi connectivity index (χ0) is 13.1. The molecule has 1 aliphatic carbocycles. The van der Waals surface area contributed by atoms with E-state index in [1.165, 1.54) is 11.4 Å². The molecule has 2 saturated heterocycles. The van der Waals surface area contributed by atoms with Crippen molar-refractivity contribution in [1.82, 2.24) is 9.80 Å². The van der Waals surface area contributed by atoms with Crippen LogP contribution < -0.4 is 0 Å². The monoisotopic (exact) mass is 262 g/mol. The van der Waals surface area contributed by atoms with Crippen LogP contribution in [-0.2, 0) is 9.53 Å². The lowest BCUT2D eigenvalue weighted by Gasteiger charge is -2.37. The minimum absolute atomic E-state index is 0.308. The molecule has 19 heavy (non-hydrogen) atoms. The average molecular weight is 262 g/mol. The Bertz CT molecular complexity index is 408. The molecular formula is C15H22N2O2. The topological polar surface area (TPSA) is 32.8 Å². The zero-order valence-corrected chi connectivity index (χ0v) is 11.4. The van der Waals surface area contributed by atoms with Crippen molar-refractivity contribution in [2.75, 3.05) is 32.8 Å². The first kappa shape index (κ1) is 12.7. The summed E-state index contributed by atoms with van der Waals surface area (Å²) in [6.07, 6.45) is 9.36. The van der Waals surface area contributed by atoms with Crippen LogP contribution in [0.25, 0.3) is 0 Å². The Balaban J connectivity index is 1.86. The largest absolute Gasteiger partial charge is 0.378 e. The Morgan fingerprint density at radius 2 is 1.89 bits per heavy atom. The Morgan fingerprint density at radius 3 is 2.68 bits per heavy atom. The molecule has 0 saturated carbocycles. The minimum Gasteiger partial charge on any atom is -0.378 e. The van der Waals surface area contributed by atoms with E-state index in [-0.39, 0.29) is 0 Å². The molecule has 0 aromatic heterocycles. The number of nitrogens with zero attached hydrogens (tertiary/aromatic N) is 2. The van der Waals surface area contributed by atoms with E-state index in [0.29, 0.717) is 12.3 Å². The van der Waals surface area contributed by atoms with Gasteiger partial charge in [0.05, 0.1) is 18.9 Å². The molecule has 2 fully saturated rings. The van der Waals surface area contributed by atoms with Crippen LogP contribution in [0, 0.1) is 0 Å². The van der Waals surface area contributed by atoms with Gasteiger partial charge in [0, 0.05) is 31.8 Å². The lowest BCUT2D eigenvalue weighted by Crippen LogP contribution is -2.41. The van der Waals surface area contributed by atoms with Gasteiger partial charge >= 0.3 is 0 Å². The first-order chi connectivity index (χ1) is 9.36. The molecule has 0 unspecified atom stereocenters. The molecule has 0 bridgehead atoms. The third-order valence-corrected chi connectivity index (χ3v) is 4.12. The molecule has 0 aromatic carbocycles. The van der Waals surface area contributed by atoms with E-state index in [2.05, 4.69) is 17.1 Å². The molecule has 1 amide bonds. The number of hydrogen-bond acceptors (Lipinski definition) is 3. The molecule has 2 aliphatic heterocycles. The van der Waals surface area contributed by atoms with Crippen molar-refractivity contribution in [2.45, 2.75) is 32.1 Å². The van der Waals surface area contributed by atoms with E-state index in [1.54, 1.807) is 0 Å². The van der Waals surface area contributed by atoms with Gasteiger partial charge in [-0.2, -0.15) is 0 Å². The Kier molecular flexibility index (Phi) is 3.87. The van der Waals surface area contributed by atoms with Crippen molar-refractivity contribution in [3.8, 4) is 0 Å². The molecule has 104 valence electrons. The number of likely N-dealkylation sites (tertiary alicyclic amines) is 1. The Hall–Kier alpha value is -1.29. The smallest absolute Gasteiger partial charge is 0.226 e. The van der Waals surface area contributed by atoms with E-state index in [1.807, 2.05) is 4.90 Å². The predicted molar refractivity (Wildman–Crippen MR) is 73.4 cm³/mol. The summed E-state index contributed by atoms with van der Waals surface area (Å²) in [5.41, 5.74) is 2.50. The number of carbonyl (C=O) groups excluding carboxylic acids is 1. The fourth-order valence-corrected chi connectivity index (χ4v) is 3.10. The van der Waals surface area contributed by atoms with E-state index in [9.17, 15) is 4.79 Å². The summed E-state index contributed by atoms with van der Waals surface area (Å²) in [4.78, 5) is 16.6. The molecule has 3 aliphatic rings. The van der Waals surface area contributed by atoms with Crippen LogP contribution in [-0.4, -0.2) is 48.6 Å². The summed E-state index contributed by atoms with van der Waals surface area (Å²) in [5.74, 6) is 0.308. The summed E-state index contributed by atoms with van der Waals surface area (Å²) >= 11 is 0. The fourth-order valence-electron chi connectivity index (χ4n) is 3.10. The number of allylic oxidation sites excluding steroid dienone is 3. The van der Waals surface area contributed by atoms with Gasteiger partial charge in [0.25, 0.3) is 0 Å². The van der Waals surface area contributed by atoms with Gasteiger partial charge in [-0.25, -0.2) is 0 Å². The third-order valence-electron chi connectivity index (χ3n) is 4.12. The van der Waals surface area contributed by atoms with Crippen LogP contribution in [0.15, 0.2) is 23.5 Å². The Morgan fingerprint density at radius 1 is 1.05 bits per heavy atom. The number of amides is 1.